The maximum atomic E-state index is 6.00. The van der Waals surface area contributed by atoms with E-state index in [2.05, 4.69) is 15.0 Å². The smallest absolute Gasteiger partial charge is 0.116 e. The average molecular weight is 214 g/mol. The summed E-state index contributed by atoms with van der Waals surface area (Å²) in [6, 6.07) is 5.74. The Bertz CT molecular complexity index is 474. The van der Waals surface area contributed by atoms with E-state index >= 15 is 0 Å². The lowest BCUT2D eigenvalue weighted by Gasteiger charge is -2.17. The van der Waals surface area contributed by atoms with Gasteiger partial charge >= 0.3 is 0 Å². The van der Waals surface area contributed by atoms with Crippen LogP contribution in [0.3, 0.4) is 0 Å². The number of aromatic nitrogens is 3. The van der Waals surface area contributed by atoms with Gasteiger partial charge in [-0.1, -0.05) is 0 Å². The zero-order valence-corrected chi connectivity index (χ0v) is 9.38. The molecular weight excluding hydrogens is 200 g/mol. The van der Waals surface area contributed by atoms with Crippen LogP contribution in [0.2, 0.25) is 0 Å². The Kier molecular flexibility index (Phi) is 2.66. The summed E-state index contributed by atoms with van der Waals surface area (Å²) in [6.07, 6.45) is 5.04. The third kappa shape index (κ3) is 2.23. The molecule has 4 nitrogen and oxygen atoms in total. The predicted molar refractivity (Wildman–Crippen MR) is 62.5 cm³/mol. The second-order valence-corrected chi connectivity index (χ2v) is 4.25. The molecular formula is C12H14N4. The number of pyridine rings is 1. The van der Waals surface area contributed by atoms with E-state index in [1.54, 1.807) is 12.4 Å². The predicted octanol–water partition coefficient (Wildman–Crippen LogP) is 1.73. The van der Waals surface area contributed by atoms with Crippen LogP contribution in [-0.4, -0.2) is 15.0 Å². The molecule has 0 bridgehead atoms. The molecule has 0 amide bonds. The molecule has 82 valence electrons. The van der Waals surface area contributed by atoms with Gasteiger partial charge in [0.15, 0.2) is 0 Å². The Labute approximate surface area is 94.6 Å². The highest BCUT2D eigenvalue weighted by Crippen LogP contribution is 2.20. The monoisotopic (exact) mass is 214 g/mol. The van der Waals surface area contributed by atoms with Crippen molar-refractivity contribution < 1.29 is 0 Å². The lowest BCUT2D eigenvalue weighted by atomic mass is 10.0. The fraction of sp³-hybridized carbons (Fsp3) is 0.250. The molecule has 0 aliphatic rings. The Morgan fingerprint density at radius 2 is 2.06 bits per heavy atom. The number of nitrogens with zero attached hydrogens (tertiary/aromatic N) is 3. The van der Waals surface area contributed by atoms with Gasteiger partial charge in [-0.15, -0.1) is 0 Å². The number of nitrogens with two attached hydrogens (primary N) is 1. The Morgan fingerprint density at radius 1 is 1.25 bits per heavy atom. The van der Waals surface area contributed by atoms with E-state index in [9.17, 15) is 0 Å². The zero-order chi connectivity index (χ0) is 11.6. The van der Waals surface area contributed by atoms with E-state index in [0.29, 0.717) is 0 Å². The largest absolute Gasteiger partial charge is 0.321 e. The standard InChI is InChI=1S/C12H14N4/c1-12(2,13)11-6-10(15-8-16-11)9-4-3-5-14-7-9/h3-8H,13H2,1-2H3. The van der Waals surface area contributed by atoms with E-state index in [1.165, 1.54) is 6.33 Å². The number of rotatable bonds is 2. The van der Waals surface area contributed by atoms with Crippen molar-refractivity contribution in [3.05, 3.63) is 42.6 Å². The molecule has 2 aromatic heterocycles. The van der Waals surface area contributed by atoms with Gasteiger partial charge in [0.05, 0.1) is 16.9 Å². The average Bonchev–Trinajstić information content (AvgIpc) is 2.29. The molecule has 0 fully saturated rings. The maximum Gasteiger partial charge on any atom is 0.116 e. The second-order valence-electron chi connectivity index (χ2n) is 4.25. The highest BCUT2D eigenvalue weighted by Gasteiger charge is 2.16. The Morgan fingerprint density at radius 3 is 2.69 bits per heavy atom. The first-order valence-corrected chi connectivity index (χ1v) is 5.09. The van der Waals surface area contributed by atoms with E-state index in [4.69, 9.17) is 5.73 Å². The van der Waals surface area contributed by atoms with Crippen molar-refractivity contribution in [3.63, 3.8) is 0 Å². The van der Waals surface area contributed by atoms with Gasteiger partial charge in [-0.05, 0) is 32.0 Å². The van der Waals surface area contributed by atoms with E-state index in [-0.39, 0.29) is 0 Å². The van der Waals surface area contributed by atoms with Gasteiger partial charge in [0, 0.05) is 18.0 Å². The lowest BCUT2D eigenvalue weighted by molar-refractivity contribution is 0.534. The van der Waals surface area contributed by atoms with Crippen LogP contribution in [-0.2, 0) is 5.54 Å². The van der Waals surface area contributed by atoms with E-state index in [1.807, 2.05) is 32.0 Å². The van der Waals surface area contributed by atoms with Crippen molar-refractivity contribution in [1.29, 1.82) is 0 Å². The number of hydrogen-bond acceptors (Lipinski definition) is 4. The highest BCUT2D eigenvalue weighted by molar-refractivity contribution is 5.57. The normalized spacial score (nSPS) is 11.4. The van der Waals surface area contributed by atoms with Crippen molar-refractivity contribution in [2.75, 3.05) is 0 Å². The second kappa shape index (κ2) is 3.98. The summed E-state index contributed by atoms with van der Waals surface area (Å²) in [7, 11) is 0. The van der Waals surface area contributed by atoms with Crippen LogP contribution in [0.5, 0.6) is 0 Å². The molecule has 2 aromatic rings. The maximum absolute atomic E-state index is 6.00. The molecule has 4 heteroatoms. The van der Waals surface area contributed by atoms with Gasteiger partial charge in [-0.2, -0.15) is 0 Å². The molecule has 0 atom stereocenters. The van der Waals surface area contributed by atoms with Crippen molar-refractivity contribution in [1.82, 2.24) is 15.0 Å². The fourth-order valence-corrected chi connectivity index (χ4v) is 1.38. The van der Waals surface area contributed by atoms with Crippen LogP contribution < -0.4 is 5.73 Å². The molecule has 0 saturated carbocycles. The SMILES string of the molecule is CC(C)(N)c1cc(-c2cccnc2)ncn1. The topological polar surface area (TPSA) is 64.7 Å². The van der Waals surface area contributed by atoms with Crippen molar-refractivity contribution in [2.24, 2.45) is 5.73 Å². The highest BCUT2D eigenvalue weighted by atomic mass is 14.9. The first kappa shape index (κ1) is 10.7. The van der Waals surface area contributed by atoms with Gasteiger partial charge in [-0.25, -0.2) is 9.97 Å². The van der Waals surface area contributed by atoms with Gasteiger partial charge in [0.1, 0.15) is 6.33 Å². The first-order chi connectivity index (χ1) is 7.57. The molecule has 2 N–H and O–H groups in total. The molecule has 2 rings (SSSR count). The summed E-state index contributed by atoms with van der Waals surface area (Å²) in [5, 5.41) is 0. The minimum absolute atomic E-state index is 0.458. The quantitative estimate of drug-likeness (QED) is 0.826. The van der Waals surface area contributed by atoms with Crippen LogP contribution >= 0.6 is 0 Å². The summed E-state index contributed by atoms with van der Waals surface area (Å²) in [4.78, 5) is 12.5. The Hall–Kier alpha value is -1.81. The van der Waals surface area contributed by atoms with E-state index in [0.717, 1.165) is 17.0 Å². The van der Waals surface area contributed by atoms with Crippen LogP contribution in [0.25, 0.3) is 11.3 Å². The van der Waals surface area contributed by atoms with Gasteiger partial charge in [-0.3, -0.25) is 4.98 Å². The summed E-state index contributed by atoms with van der Waals surface area (Å²) in [5.41, 5.74) is 8.17. The molecule has 2 heterocycles. The molecule has 0 unspecified atom stereocenters. The minimum Gasteiger partial charge on any atom is -0.321 e. The third-order valence-electron chi connectivity index (χ3n) is 2.28. The van der Waals surface area contributed by atoms with Crippen molar-refractivity contribution in [2.45, 2.75) is 19.4 Å². The van der Waals surface area contributed by atoms with Gasteiger partial charge in [0.25, 0.3) is 0 Å². The lowest BCUT2D eigenvalue weighted by Crippen LogP contribution is -2.29. The Balaban J connectivity index is 2.45. The van der Waals surface area contributed by atoms with E-state index < -0.39 is 5.54 Å². The minimum atomic E-state index is -0.458. The van der Waals surface area contributed by atoms with Gasteiger partial charge < -0.3 is 5.73 Å². The summed E-state index contributed by atoms with van der Waals surface area (Å²) >= 11 is 0. The van der Waals surface area contributed by atoms with Crippen LogP contribution in [0, 0.1) is 0 Å². The number of hydrogen-bond donors (Lipinski definition) is 1. The van der Waals surface area contributed by atoms with Crippen LogP contribution in [0.1, 0.15) is 19.5 Å². The first-order valence-electron chi connectivity index (χ1n) is 5.09. The molecule has 0 aromatic carbocycles. The summed E-state index contributed by atoms with van der Waals surface area (Å²) in [6.45, 7) is 3.84. The summed E-state index contributed by atoms with van der Waals surface area (Å²) in [5.74, 6) is 0. The molecule has 0 saturated heterocycles. The molecule has 0 radical (unpaired) electrons. The summed E-state index contributed by atoms with van der Waals surface area (Å²) < 4.78 is 0. The fourth-order valence-electron chi connectivity index (χ4n) is 1.38. The molecule has 0 aliphatic carbocycles. The molecule has 0 spiro atoms. The molecule has 16 heavy (non-hydrogen) atoms. The zero-order valence-electron chi connectivity index (χ0n) is 9.38. The molecule has 0 aliphatic heterocycles. The van der Waals surface area contributed by atoms with Crippen LogP contribution in [0.4, 0.5) is 0 Å². The third-order valence-corrected chi connectivity index (χ3v) is 2.28. The van der Waals surface area contributed by atoms with Crippen molar-refractivity contribution >= 4 is 0 Å². The van der Waals surface area contributed by atoms with Gasteiger partial charge in [0.2, 0.25) is 0 Å². The van der Waals surface area contributed by atoms with Crippen LogP contribution in [0.15, 0.2) is 36.9 Å². The van der Waals surface area contributed by atoms with Crippen molar-refractivity contribution in [3.8, 4) is 11.3 Å².